The molecule has 4 aromatic rings. The van der Waals surface area contributed by atoms with Crippen LogP contribution in [0.3, 0.4) is 0 Å². The molecular formula is C31H27ClN4O3. The van der Waals surface area contributed by atoms with Crippen LogP contribution >= 0.6 is 11.6 Å². The number of benzene rings is 3. The minimum atomic E-state index is -0.438. The topological polar surface area (TPSA) is 89.2 Å². The second-order valence-electron chi connectivity index (χ2n) is 9.17. The minimum absolute atomic E-state index is 0.00278. The first-order valence-electron chi connectivity index (χ1n) is 12.7. The molecule has 2 heterocycles. The lowest BCUT2D eigenvalue weighted by molar-refractivity contribution is -0.117. The van der Waals surface area contributed by atoms with Gasteiger partial charge in [-0.05, 0) is 60.9 Å². The largest absolute Gasteiger partial charge is 0.489 e. The van der Waals surface area contributed by atoms with E-state index >= 15 is 0 Å². The van der Waals surface area contributed by atoms with Gasteiger partial charge in [-0.25, -0.2) is 4.68 Å². The number of halogens is 1. The average molecular weight is 539 g/mol. The Morgan fingerprint density at radius 2 is 1.97 bits per heavy atom. The molecule has 1 fully saturated rings. The highest BCUT2D eigenvalue weighted by molar-refractivity contribution is 6.30. The van der Waals surface area contributed by atoms with Crippen molar-refractivity contribution in [1.82, 2.24) is 15.1 Å². The molecule has 7 nitrogen and oxygen atoms in total. The lowest BCUT2D eigenvalue weighted by Crippen LogP contribution is -2.32. The highest BCUT2D eigenvalue weighted by Gasteiger charge is 2.19. The van der Waals surface area contributed by atoms with Crippen LogP contribution in [0.4, 0.5) is 0 Å². The Morgan fingerprint density at radius 1 is 1.15 bits per heavy atom. The van der Waals surface area contributed by atoms with Crippen LogP contribution in [0.5, 0.6) is 5.75 Å². The third kappa shape index (κ3) is 6.74. The first-order valence-corrected chi connectivity index (χ1v) is 13.1. The Bertz CT molecular complexity index is 1500. The zero-order valence-electron chi connectivity index (χ0n) is 21.2. The molecule has 8 heteroatoms. The molecule has 39 heavy (non-hydrogen) atoms. The van der Waals surface area contributed by atoms with Crippen LogP contribution in [-0.4, -0.2) is 34.9 Å². The molecule has 1 aliphatic heterocycles. The summed E-state index contributed by atoms with van der Waals surface area (Å²) in [6.45, 7) is 1.46. The van der Waals surface area contributed by atoms with Crippen molar-refractivity contribution in [2.24, 2.45) is 0 Å². The van der Waals surface area contributed by atoms with Gasteiger partial charge in [-0.1, -0.05) is 54.1 Å². The molecule has 3 aromatic carbocycles. The highest BCUT2D eigenvalue weighted by Crippen LogP contribution is 2.29. The van der Waals surface area contributed by atoms with Crippen molar-refractivity contribution >= 4 is 23.6 Å². The summed E-state index contributed by atoms with van der Waals surface area (Å²) < 4.78 is 13.3. The summed E-state index contributed by atoms with van der Waals surface area (Å²) in [4.78, 5) is 12.8. The standard InChI is InChI=1S/C31H27ClN4O3/c32-26-13-11-22(12-14-26)21-39-28-9-4-6-23(17-28)30-25(20-36(35-30)27-7-2-1-3-8-27)16-24(18-33)31(37)34-19-29-10-5-15-38-29/h1-4,6-9,11-14,16-17,20,29H,5,10,15,19,21H2,(H,34,37). The molecule has 1 unspecified atom stereocenters. The fourth-order valence-electron chi connectivity index (χ4n) is 4.32. The normalized spacial score (nSPS) is 15.1. The van der Waals surface area contributed by atoms with Crippen LogP contribution in [0.1, 0.15) is 24.0 Å². The van der Waals surface area contributed by atoms with E-state index in [1.807, 2.05) is 91.1 Å². The quantitative estimate of drug-likeness (QED) is 0.209. The first-order chi connectivity index (χ1) is 19.1. The van der Waals surface area contributed by atoms with Gasteiger partial charge in [0.25, 0.3) is 5.91 Å². The Kier molecular flexibility index (Phi) is 8.37. The molecule has 1 N–H and O–H groups in total. The second-order valence-corrected chi connectivity index (χ2v) is 9.61. The van der Waals surface area contributed by atoms with Crippen molar-refractivity contribution in [2.45, 2.75) is 25.6 Å². The summed E-state index contributed by atoms with van der Waals surface area (Å²) in [5.41, 5.74) is 3.90. The van der Waals surface area contributed by atoms with Gasteiger partial charge >= 0.3 is 0 Å². The minimum Gasteiger partial charge on any atom is -0.489 e. The number of amides is 1. The lowest BCUT2D eigenvalue weighted by Gasteiger charge is -2.10. The zero-order valence-corrected chi connectivity index (χ0v) is 22.0. The number of nitrogens with one attached hydrogen (secondary N) is 1. The highest BCUT2D eigenvalue weighted by atomic mass is 35.5. The number of aromatic nitrogens is 2. The van der Waals surface area contributed by atoms with Crippen molar-refractivity contribution in [1.29, 1.82) is 5.26 Å². The molecule has 0 radical (unpaired) electrons. The number of nitrogens with zero attached hydrogens (tertiary/aromatic N) is 3. The lowest BCUT2D eigenvalue weighted by atomic mass is 10.1. The van der Waals surface area contributed by atoms with E-state index in [9.17, 15) is 10.1 Å². The van der Waals surface area contributed by atoms with E-state index in [2.05, 4.69) is 5.32 Å². The smallest absolute Gasteiger partial charge is 0.262 e. The van der Waals surface area contributed by atoms with E-state index in [0.717, 1.165) is 29.7 Å². The Morgan fingerprint density at radius 3 is 2.72 bits per heavy atom. The van der Waals surface area contributed by atoms with Crippen molar-refractivity contribution in [3.63, 3.8) is 0 Å². The van der Waals surface area contributed by atoms with Gasteiger partial charge < -0.3 is 14.8 Å². The molecule has 0 saturated carbocycles. The van der Waals surface area contributed by atoms with Crippen LogP contribution in [0.15, 0.2) is 90.6 Å². The van der Waals surface area contributed by atoms with E-state index in [-0.39, 0.29) is 11.7 Å². The molecule has 1 aromatic heterocycles. The maximum absolute atomic E-state index is 12.8. The summed E-state index contributed by atoms with van der Waals surface area (Å²) in [5, 5.41) is 18.1. The van der Waals surface area contributed by atoms with Gasteiger partial charge in [0.1, 0.15) is 29.7 Å². The average Bonchev–Trinajstić information content (AvgIpc) is 3.65. The third-order valence-electron chi connectivity index (χ3n) is 6.37. The number of carbonyl (C=O) groups excluding carboxylic acids is 1. The molecule has 196 valence electrons. The van der Waals surface area contributed by atoms with Gasteiger partial charge in [0.2, 0.25) is 0 Å². The summed E-state index contributed by atoms with van der Waals surface area (Å²) in [6, 6.07) is 26.8. The van der Waals surface area contributed by atoms with Crippen LogP contribution < -0.4 is 10.1 Å². The fraction of sp³-hybridized carbons (Fsp3) is 0.194. The van der Waals surface area contributed by atoms with E-state index < -0.39 is 5.91 Å². The molecule has 1 atom stereocenters. The summed E-state index contributed by atoms with van der Waals surface area (Å²) in [7, 11) is 0. The number of rotatable bonds is 9. The van der Waals surface area contributed by atoms with E-state index in [1.165, 1.54) is 0 Å². The zero-order chi connectivity index (χ0) is 27.0. The molecule has 1 aliphatic rings. The Labute approximate surface area is 232 Å². The summed E-state index contributed by atoms with van der Waals surface area (Å²) >= 11 is 5.99. The van der Waals surface area contributed by atoms with Crippen molar-refractivity contribution < 1.29 is 14.3 Å². The monoisotopic (exact) mass is 538 g/mol. The molecule has 1 saturated heterocycles. The molecule has 0 bridgehead atoms. The van der Waals surface area contributed by atoms with Gasteiger partial charge in [0.15, 0.2) is 0 Å². The third-order valence-corrected chi connectivity index (χ3v) is 6.62. The van der Waals surface area contributed by atoms with Crippen LogP contribution in [0.2, 0.25) is 5.02 Å². The number of nitriles is 1. The maximum Gasteiger partial charge on any atom is 0.262 e. The summed E-state index contributed by atoms with van der Waals surface area (Å²) in [5.74, 6) is 0.230. The van der Waals surface area contributed by atoms with E-state index in [1.54, 1.807) is 10.8 Å². The maximum atomic E-state index is 12.8. The Balaban J connectivity index is 1.43. The van der Waals surface area contributed by atoms with Crippen LogP contribution in [-0.2, 0) is 16.1 Å². The molecule has 0 aliphatic carbocycles. The van der Waals surface area contributed by atoms with Gasteiger partial charge in [-0.3, -0.25) is 4.79 Å². The number of para-hydroxylation sites is 1. The SMILES string of the molecule is N#CC(=Cc1cn(-c2ccccc2)nc1-c1cccc(OCc2ccc(Cl)cc2)c1)C(=O)NCC1CCCO1. The van der Waals surface area contributed by atoms with Crippen molar-refractivity contribution in [3.05, 3.63) is 107 Å². The molecular weight excluding hydrogens is 512 g/mol. The van der Waals surface area contributed by atoms with Gasteiger partial charge in [0.05, 0.1) is 11.8 Å². The van der Waals surface area contributed by atoms with E-state index in [4.69, 9.17) is 26.2 Å². The fourth-order valence-corrected chi connectivity index (χ4v) is 4.45. The molecule has 1 amide bonds. The number of carbonyl (C=O) groups is 1. The second kappa shape index (κ2) is 12.4. The van der Waals surface area contributed by atoms with Crippen molar-refractivity contribution in [2.75, 3.05) is 13.2 Å². The first kappa shape index (κ1) is 26.2. The molecule has 5 rings (SSSR count). The van der Waals surface area contributed by atoms with Gasteiger partial charge in [-0.15, -0.1) is 0 Å². The number of ether oxygens (including phenoxy) is 2. The van der Waals surface area contributed by atoms with E-state index in [0.29, 0.717) is 41.8 Å². The molecule has 0 spiro atoms. The predicted molar refractivity (Wildman–Crippen MR) is 150 cm³/mol. The van der Waals surface area contributed by atoms with Crippen LogP contribution in [0, 0.1) is 11.3 Å². The predicted octanol–water partition coefficient (Wildman–Crippen LogP) is 5.97. The van der Waals surface area contributed by atoms with Gasteiger partial charge in [-0.2, -0.15) is 10.4 Å². The number of hydrogen-bond donors (Lipinski definition) is 1. The van der Waals surface area contributed by atoms with Crippen molar-refractivity contribution in [3.8, 4) is 28.8 Å². The Hall–Kier alpha value is -4.38. The number of hydrogen-bond acceptors (Lipinski definition) is 5. The van der Waals surface area contributed by atoms with Crippen LogP contribution in [0.25, 0.3) is 23.0 Å². The summed E-state index contributed by atoms with van der Waals surface area (Å²) in [6.07, 6.45) is 5.26. The van der Waals surface area contributed by atoms with Gasteiger partial charge in [0, 0.05) is 35.5 Å².